The van der Waals surface area contributed by atoms with Gasteiger partial charge in [0.25, 0.3) is 0 Å². The first-order chi connectivity index (χ1) is 9.31. The molecule has 1 fully saturated rings. The summed E-state index contributed by atoms with van der Waals surface area (Å²) in [6.45, 7) is 0.734. The van der Waals surface area contributed by atoms with Gasteiger partial charge in [-0.05, 0) is 29.8 Å². The zero-order valence-electron chi connectivity index (χ0n) is 10.5. The van der Waals surface area contributed by atoms with Crippen LogP contribution in [0, 0.1) is 0 Å². The molecule has 2 aromatic rings. The molecule has 1 aliphatic rings. The standard InChI is InChI=1S/C16H15NO2/c18-16-10-13(11-17-16)12-6-8-15(9-7-12)19-14-4-2-1-3-5-14/h1-9,13H,10-11H2,(H,17,18). The van der Waals surface area contributed by atoms with Gasteiger partial charge in [0, 0.05) is 18.9 Å². The van der Waals surface area contributed by atoms with Gasteiger partial charge in [0.1, 0.15) is 11.5 Å². The first kappa shape index (κ1) is 11.8. The normalized spacial score (nSPS) is 18.1. The summed E-state index contributed by atoms with van der Waals surface area (Å²) in [5.41, 5.74) is 1.18. The molecule has 1 heterocycles. The zero-order valence-corrected chi connectivity index (χ0v) is 10.5. The van der Waals surface area contributed by atoms with Crippen LogP contribution in [-0.4, -0.2) is 12.5 Å². The molecule has 0 bridgehead atoms. The molecular weight excluding hydrogens is 238 g/mol. The molecule has 1 N–H and O–H groups in total. The summed E-state index contributed by atoms with van der Waals surface area (Å²) in [5, 5.41) is 2.85. The summed E-state index contributed by atoms with van der Waals surface area (Å²) < 4.78 is 5.73. The highest BCUT2D eigenvalue weighted by atomic mass is 16.5. The number of amides is 1. The largest absolute Gasteiger partial charge is 0.457 e. The molecule has 0 saturated carbocycles. The van der Waals surface area contributed by atoms with E-state index in [-0.39, 0.29) is 5.91 Å². The lowest BCUT2D eigenvalue weighted by molar-refractivity contribution is -0.119. The van der Waals surface area contributed by atoms with Gasteiger partial charge in [0.2, 0.25) is 5.91 Å². The Morgan fingerprint density at radius 1 is 0.947 bits per heavy atom. The van der Waals surface area contributed by atoms with Crippen LogP contribution < -0.4 is 10.1 Å². The number of ether oxygens (including phenoxy) is 1. The van der Waals surface area contributed by atoms with Crippen molar-refractivity contribution in [3.05, 3.63) is 60.2 Å². The molecule has 0 aromatic heterocycles. The number of benzene rings is 2. The molecule has 1 saturated heterocycles. The minimum atomic E-state index is 0.134. The maximum absolute atomic E-state index is 11.2. The van der Waals surface area contributed by atoms with Gasteiger partial charge in [-0.25, -0.2) is 0 Å². The van der Waals surface area contributed by atoms with Crippen LogP contribution in [0.25, 0.3) is 0 Å². The van der Waals surface area contributed by atoms with E-state index in [1.54, 1.807) is 0 Å². The topological polar surface area (TPSA) is 38.3 Å². The number of rotatable bonds is 3. The molecule has 0 radical (unpaired) electrons. The van der Waals surface area contributed by atoms with E-state index in [1.165, 1.54) is 5.56 Å². The van der Waals surface area contributed by atoms with Gasteiger partial charge in [-0.2, -0.15) is 0 Å². The van der Waals surface area contributed by atoms with Crippen molar-refractivity contribution in [1.29, 1.82) is 0 Å². The van der Waals surface area contributed by atoms with Crippen LogP contribution in [0.1, 0.15) is 17.9 Å². The minimum Gasteiger partial charge on any atom is -0.457 e. The Bertz CT molecular complexity index is 563. The van der Waals surface area contributed by atoms with Crippen molar-refractivity contribution in [2.24, 2.45) is 0 Å². The van der Waals surface area contributed by atoms with Crippen molar-refractivity contribution in [1.82, 2.24) is 5.32 Å². The summed E-state index contributed by atoms with van der Waals surface area (Å²) in [4.78, 5) is 11.2. The second kappa shape index (κ2) is 5.14. The molecule has 2 aromatic carbocycles. The van der Waals surface area contributed by atoms with Crippen molar-refractivity contribution in [2.75, 3.05) is 6.54 Å². The molecule has 3 nitrogen and oxygen atoms in total. The Balaban J connectivity index is 1.71. The lowest BCUT2D eigenvalue weighted by atomic mass is 9.98. The van der Waals surface area contributed by atoms with E-state index >= 15 is 0 Å². The molecule has 1 amide bonds. The van der Waals surface area contributed by atoms with Gasteiger partial charge in [-0.1, -0.05) is 30.3 Å². The summed E-state index contributed by atoms with van der Waals surface area (Å²) in [5.74, 6) is 2.06. The van der Waals surface area contributed by atoms with Crippen molar-refractivity contribution < 1.29 is 9.53 Å². The van der Waals surface area contributed by atoms with E-state index in [2.05, 4.69) is 5.32 Å². The predicted octanol–water partition coefficient (Wildman–Crippen LogP) is 3.08. The average molecular weight is 253 g/mol. The fourth-order valence-electron chi connectivity index (χ4n) is 2.27. The lowest BCUT2D eigenvalue weighted by Gasteiger charge is -2.09. The van der Waals surface area contributed by atoms with Crippen molar-refractivity contribution in [2.45, 2.75) is 12.3 Å². The number of hydrogen-bond acceptors (Lipinski definition) is 2. The maximum Gasteiger partial charge on any atom is 0.220 e. The Kier molecular flexibility index (Phi) is 3.19. The number of carbonyl (C=O) groups excluding carboxylic acids is 1. The number of carbonyl (C=O) groups is 1. The fourth-order valence-corrected chi connectivity index (χ4v) is 2.27. The molecular formula is C16H15NO2. The van der Waals surface area contributed by atoms with E-state index in [1.807, 2.05) is 54.6 Å². The monoisotopic (exact) mass is 253 g/mol. The average Bonchev–Trinajstić information content (AvgIpc) is 2.87. The summed E-state index contributed by atoms with van der Waals surface area (Å²) in [6.07, 6.45) is 0.582. The van der Waals surface area contributed by atoms with Crippen LogP contribution in [0.2, 0.25) is 0 Å². The number of para-hydroxylation sites is 1. The van der Waals surface area contributed by atoms with Crippen LogP contribution in [0.15, 0.2) is 54.6 Å². The highest BCUT2D eigenvalue weighted by molar-refractivity contribution is 5.79. The van der Waals surface area contributed by atoms with E-state index in [0.29, 0.717) is 12.3 Å². The van der Waals surface area contributed by atoms with Crippen LogP contribution in [0.3, 0.4) is 0 Å². The predicted molar refractivity (Wildman–Crippen MR) is 73.3 cm³/mol. The highest BCUT2D eigenvalue weighted by Gasteiger charge is 2.22. The third-order valence-electron chi connectivity index (χ3n) is 3.31. The molecule has 1 atom stereocenters. The first-order valence-corrected chi connectivity index (χ1v) is 6.41. The lowest BCUT2D eigenvalue weighted by Crippen LogP contribution is -2.13. The van der Waals surface area contributed by atoms with Crippen LogP contribution in [0.5, 0.6) is 11.5 Å². The second-order valence-electron chi connectivity index (χ2n) is 4.69. The summed E-state index contributed by atoms with van der Waals surface area (Å²) >= 11 is 0. The van der Waals surface area contributed by atoms with Crippen molar-refractivity contribution in [3.63, 3.8) is 0 Å². The minimum absolute atomic E-state index is 0.134. The molecule has 3 heteroatoms. The SMILES string of the molecule is O=C1CC(c2ccc(Oc3ccccc3)cc2)CN1. The molecule has 1 aliphatic heterocycles. The Morgan fingerprint density at radius 2 is 1.63 bits per heavy atom. The molecule has 1 unspecified atom stereocenters. The van der Waals surface area contributed by atoms with Gasteiger partial charge in [-0.15, -0.1) is 0 Å². The van der Waals surface area contributed by atoms with E-state index < -0.39 is 0 Å². The van der Waals surface area contributed by atoms with Gasteiger partial charge >= 0.3 is 0 Å². The van der Waals surface area contributed by atoms with Crippen LogP contribution in [0.4, 0.5) is 0 Å². The molecule has 0 spiro atoms. The van der Waals surface area contributed by atoms with Gasteiger partial charge in [-0.3, -0.25) is 4.79 Å². The van der Waals surface area contributed by atoms with E-state index in [9.17, 15) is 4.79 Å². The Hall–Kier alpha value is -2.29. The fraction of sp³-hybridized carbons (Fsp3) is 0.188. The van der Waals surface area contributed by atoms with Crippen LogP contribution in [-0.2, 0) is 4.79 Å². The van der Waals surface area contributed by atoms with Gasteiger partial charge in [0.05, 0.1) is 0 Å². The smallest absolute Gasteiger partial charge is 0.220 e. The molecule has 3 rings (SSSR count). The van der Waals surface area contributed by atoms with E-state index in [0.717, 1.165) is 18.0 Å². The third-order valence-corrected chi connectivity index (χ3v) is 3.31. The number of hydrogen-bond donors (Lipinski definition) is 1. The Labute approximate surface area is 112 Å². The maximum atomic E-state index is 11.2. The summed E-state index contributed by atoms with van der Waals surface area (Å²) in [7, 11) is 0. The molecule has 19 heavy (non-hydrogen) atoms. The van der Waals surface area contributed by atoms with Crippen molar-refractivity contribution >= 4 is 5.91 Å². The quantitative estimate of drug-likeness (QED) is 0.912. The second-order valence-corrected chi connectivity index (χ2v) is 4.69. The molecule has 96 valence electrons. The third kappa shape index (κ3) is 2.76. The zero-order chi connectivity index (χ0) is 13.1. The first-order valence-electron chi connectivity index (χ1n) is 6.41. The van der Waals surface area contributed by atoms with Gasteiger partial charge < -0.3 is 10.1 Å². The Morgan fingerprint density at radius 3 is 2.26 bits per heavy atom. The van der Waals surface area contributed by atoms with Crippen LogP contribution >= 0.6 is 0 Å². The van der Waals surface area contributed by atoms with Crippen molar-refractivity contribution in [3.8, 4) is 11.5 Å². The van der Waals surface area contributed by atoms with Gasteiger partial charge in [0.15, 0.2) is 0 Å². The summed E-state index contributed by atoms with van der Waals surface area (Å²) in [6, 6.07) is 17.7. The van der Waals surface area contributed by atoms with E-state index in [4.69, 9.17) is 4.74 Å². The molecule has 0 aliphatic carbocycles. The highest BCUT2D eigenvalue weighted by Crippen LogP contribution is 2.26. The number of nitrogens with one attached hydrogen (secondary N) is 1.